The van der Waals surface area contributed by atoms with Crippen LogP contribution >= 0.6 is 0 Å². The molecule has 2 unspecified atom stereocenters. The second-order valence-corrected chi connectivity index (χ2v) is 6.20. The van der Waals surface area contributed by atoms with E-state index in [-0.39, 0.29) is 29.0 Å². The van der Waals surface area contributed by atoms with Crippen LogP contribution in [0.2, 0.25) is 0 Å². The maximum atomic E-state index is 13.8. The number of halogens is 1. The molecule has 1 fully saturated rings. The second kappa shape index (κ2) is 4.28. The lowest BCUT2D eigenvalue weighted by Gasteiger charge is -2.31. The van der Waals surface area contributed by atoms with Crippen molar-refractivity contribution in [2.75, 3.05) is 0 Å². The van der Waals surface area contributed by atoms with Gasteiger partial charge in [0.1, 0.15) is 5.82 Å². The van der Waals surface area contributed by atoms with Gasteiger partial charge in [0, 0.05) is 23.7 Å². The zero-order valence-corrected chi connectivity index (χ0v) is 11.4. The van der Waals surface area contributed by atoms with Gasteiger partial charge in [0.15, 0.2) is 0 Å². The molecule has 0 aliphatic carbocycles. The van der Waals surface area contributed by atoms with E-state index in [4.69, 9.17) is 10.5 Å². The lowest BCUT2D eigenvalue weighted by Crippen LogP contribution is -2.36. The minimum absolute atomic E-state index is 0.0874. The molecule has 0 bridgehead atoms. The number of nitrogens with zero attached hydrogens (tertiary/aromatic N) is 1. The summed E-state index contributed by atoms with van der Waals surface area (Å²) in [5.74, 6) is -0.255. The third-order valence-electron chi connectivity index (χ3n) is 3.74. The average molecular weight is 252 g/mol. The number of nitrogens with two attached hydrogens (primary N) is 1. The molecular formula is C14H21FN2O. The predicted octanol–water partition coefficient (Wildman–Crippen LogP) is 2.81. The molecule has 0 amide bonds. The first-order valence-electron chi connectivity index (χ1n) is 6.28. The van der Waals surface area contributed by atoms with Gasteiger partial charge < -0.3 is 10.5 Å². The minimum Gasteiger partial charge on any atom is -0.369 e. The third kappa shape index (κ3) is 2.40. The van der Waals surface area contributed by atoms with Gasteiger partial charge in [-0.3, -0.25) is 4.98 Å². The molecule has 1 aliphatic heterocycles. The first-order chi connectivity index (χ1) is 8.23. The SMILES string of the molecule is CC1(C)CC(C(N)c2ccncc2F)C(C)(C)O1. The summed E-state index contributed by atoms with van der Waals surface area (Å²) in [4.78, 5) is 3.76. The van der Waals surface area contributed by atoms with Gasteiger partial charge in [-0.05, 0) is 40.2 Å². The van der Waals surface area contributed by atoms with Gasteiger partial charge in [-0.2, -0.15) is 0 Å². The van der Waals surface area contributed by atoms with Crippen LogP contribution in [-0.4, -0.2) is 16.2 Å². The highest BCUT2D eigenvalue weighted by atomic mass is 19.1. The van der Waals surface area contributed by atoms with Crippen LogP contribution in [0.3, 0.4) is 0 Å². The summed E-state index contributed by atoms with van der Waals surface area (Å²) < 4.78 is 19.8. The topological polar surface area (TPSA) is 48.1 Å². The van der Waals surface area contributed by atoms with E-state index >= 15 is 0 Å². The molecular weight excluding hydrogens is 231 g/mol. The Balaban J connectivity index is 2.30. The zero-order valence-electron chi connectivity index (χ0n) is 11.4. The standard InChI is InChI=1S/C14H21FN2O/c1-13(2)7-10(14(3,4)18-13)12(16)9-5-6-17-8-11(9)15/h5-6,8,10,12H,7,16H2,1-4H3. The molecule has 1 aromatic heterocycles. The van der Waals surface area contributed by atoms with E-state index in [2.05, 4.69) is 4.98 Å². The van der Waals surface area contributed by atoms with E-state index < -0.39 is 0 Å². The van der Waals surface area contributed by atoms with Crippen LogP contribution in [0.4, 0.5) is 4.39 Å². The van der Waals surface area contributed by atoms with Gasteiger partial charge in [0.05, 0.1) is 17.4 Å². The summed E-state index contributed by atoms with van der Waals surface area (Å²) in [5.41, 5.74) is 6.21. The molecule has 2 heterocycles. The number of rotatable bonds is 2. The molecule has 4 heteroatoms. The normalized spacial score (nSPS) is 27.1. The Morgan fingerprint density at radius 1 is 1.44 bits per heavy atom. The third-order valence-corrected chi connectivity index (χ3v) is 3.74. The van der Waals surface area contributed by atoms with Crippen LogP contribution < -0.4 is 5.73 Å². The van der Waals surface area contributed by atoms with Crippen molar-refractivity contribution in [2.45, 2.75) is 51.4 Å². The van der Waals surface area contributed by atoms with Crippen molar-refractivity contribution in [1.29, 1.82) is 0 Å². The highest BCUT2D eigenvalue weighted by molar-refractivity contribution is 5.20. The molecule has 0 radical (unpaired) electrons. The van der Waals surface area contributed by atoms with Gasteiger partial charge in [-0.1, -0.05) is 0 Å². The minimum atomic E-state index is -0.371. The van der Waals surface area contributed by atoms with Crippen LogP contribution in [0.1, 0.15) is 45.7 Å². The average Bonchev–Trinajstić information content (AvgIpc) is 2.46. The fourth-order valence-corrected chi connectivity index (χ4v) is 3.04. The maximum absolute atomic E-state index is 13.8. The summed E-state index contributed by atoms with van der Waals surface area (Å²) in [5, 5.41) is 0. The summed E-state index contributed by atoms with van der Waals surface area (Å²) in [7, 11) is 0. The Morgan fingerprint density at radius 3 is 2.61 bits per heavy atom. The van der Waals surface area contributed by atoms with Gasteiger partial charge >= 0.3 is 0 Å². The van der Waals surface area contributed by atoms with Crippen LogP contribution in [0, 0.1) is 11.7 Å². The summed E-state index contributed by atoms with van der Waals surface area (Å²) in [6.45, 7) is 8.13. The number of aromatic nitrogens is 1. The van der Waals surface area contributed by atoms with Crippen LogP contribution in [0.5, 0.6) is 0 Å². The molecule has 1 saturated heterocycles. The maximum Gasteiger partial charge on any atom is 0.146 e. The Labute approximate surface area is 108 Å². The number of pyridine rings is 1. The predicted molar refractivity (Wildman–Crippen MR) is 68.5 cm³/mol. The molecule has 2 rings (SSSR count). The molecule has 1 aliphatic rings. The number of hydrogen-bond donors (Lipinski definition) is 1. The molecule has 1 aromatic rings. The fourth-order valence-electron chi connectivity index (χ4n) is 3.04. The van der Waals surface area contributed by atoms with Crippen molar-refractivity contribution < 1.29 is 9.13 Å². The number of hydrogen-bond acceptors (Lipinski definition) is 3. The van der Waals surface area contributed by atoms with Crippen molar-refractivity contribution in [3.8, 4) is 0 Å². The first-order valence-corrected chi connectivity index (χ1v) is 6.28. The molecule has 0 saturated carbocycles. The molecule has 0 spiro atoms. The fraction of sp³-hybridized carbons (Fsp3) is 0.643. The Hall–Kier alpha value is -1.00. The van der Waals surface area contributed by atoms with Crippen molar-refractivity contribution in [3.63, 3.8) is 0 Å². The van der Waals surface area contributed by atoms with E-state index in [9.17, 15) is 4.39 Å². The smallest absolute Gasteiger partial charge is 0.146 e. The summed E-state index contributed by atoms with van der Waals surface area (Å²) in [6.07, 6.45) is 3.61. The summed E-state index contributed by atoms with van der Waals surface area (Å²) >= 11 is 0. The second-order valence-electron chi connectivity index (χ2n) is 6.20. The summed E-state index contributed by atoms with van der Waals surface area (Å²) in [6, 6.07) is 1.28. The highest BCUT2D eigenvalue weighted by Gasteiger charge is 2.48. The van der Waals surface area contributed by atoms with E-state index in [0.717, 1.165) is 6.42 Å². The monoisotopic (exact) mass is 252 g/mol. The molecule has 2 N–H and O–H groups in total. The van der Waals surface area contributed by atoms with Gasteiger partial charge in [-0.15, -0.1) is 0 Å². The van der Waals surface area contributed by atoms with Crippen LogP contribution in [-0.2, 0) is 4.74 Å². The largest absolute Gasteiger partial charge is 0.369 e. The molecule has 18 heavy (non-hydrogen) atoms. The zero-order chi connectivity index (χ0) is 13.6. The lowest BCUT2D eigenvalue weighted by atomic mass is 9.79. The van der Waals surface area contributed by atoms with Gasteiger partial charge in [0.2, 0.25) is 0 Å². The highest BCUT2D eigenvalue weighted by Crippen LogP contribution is 2.46. The van der Waals surface area contributed by atoms with E-state index in [0.29, 0.717) is 5.56 Å². The van der Waals surface area contributed by atoms with E-state index in [1.807, 2.05) is 27.7 Å². The van der Waals surface area contributed by atoms with Crippen molar-refractivity contribution in [3.05, 3.63) is 29.8 Å². The molecule has 100 valence electrons. The molecule has 2 atom stereocenters. The Kier molecular flexibility index (Phi) is 3.19. The van der Waals surface area contributed by atoms with Crippen LogP contribution in [0.25, 0.3) is 0 Å². The first kappa shape index (κ1) is 13.4. The Bertz CT molecular complexity index is 445. The van der Waals surface area contributed by atoms with Crippen LogP contribution in [0.15, 0.2) is 18.5 Å². The van der Waals surface area contributed by atoms with Gasteiger partial charge in [-0.25, -0.2) is 4.39 Å². The molecule has 3 nitrogen and oxygen atoms in total. The Morgan fingerprint density at radius 2 is 2.11 bits per heavy atom. The van der Waals surface area contributed by atoms with E-state index in [1.54, 1.807) is 12.3 Å². The quantitative estimate of drug-likeness (QED) is 0.880. The van der Waals surface area contributed by atoms with Crippen molar-refractivity contribution in [2.24, 2.45) is 11.7 Å². The molecule has 0 aromatic carbocycles. The van der Waals surface area contributed by atoms with Crippen molar-refractivity contribution in [1.82, 2.24) is 4.98 Å². The van der Waals surface area contributed by atoms with Crippen molar-refractivity contribution >= 4 is 0 Å². The lowest BCUT2D eigenvalue weighted by molar-refractivity contribution is -0.0768. The van der Waals surface area contributed by atoms with Gasteiger partial charge in [0.25, 0.3) is 0 Å². The van der Waals surface area contributed by atoms with E-state index in [1.165, 1.54) is 6.20 Å². The number of ether oxygens (including phenoxy) is 1.